The van der Waals surface area contributed by atoms with E-state index in [9.17, 15) is 17.6 Å². The van der Waals surface area contributed by atoms with Crippen LogP contribution in [0.1, 0.15) is 32.4 Å². The highest BCUT2D eigenvalue weighted by molar-refractivity contribution is 7.89. The molecule has 7 heteroatoms. The number of benzene rings is 2. The Morgan fingerprint density at radius 1 is 1.11 bits per heavy atom. The first kappa shape index (κ1) is 19.3. The molecule has 0 radical (unpaired) electrons. The van der Waals surface area contributed by atoms with Gasteiger partial charge in [-0.3, -0.25) is 4.79 Å². The van der Waals surface area contributed by atoms with Crippen LogP contribution in [0.3, 0.4) is 0 Å². The fraction of sp³-hybridized carbons (Fsp3) is 0.150. The minimum absolute atomic E-state index is 0.125. The molecule has 0 aliphatic carbocycles. The van der Waals surface area contributed by atoms with Crippen molar-refractivity contribution in [3.05, 3.63) is 93.4 Å². The van der Waals surface area contributed by atoms with Crippen molar-refractivity contribution >= 4 is 27.1 Å². The van der Waals surface area contributed by atoms with Gasteiger partial charge in [-0.2, -0.15) is 0 Å². The van der Waals surface area contributed by atoms with Crippen LogP contribution in [-0.2, 0) is 15.6 Å². The van der Waals surface area contributed by atoms with E-state index in [0.717, 1.165) is 16.7 Å². The van der Waals surface area contributed by atoms with E-state index < -0.39 is 15.9 Å². The van der Waals surface area contributed by atoms with Crippen molar-refractivity contribution in [3.63, 3.8) is 0 Å². The SMILES string of the molecule is CS(=O)(=O)Cc1cccc(C(=O)N[C@@H](c2ccc(F)cc2)c2cccs2)c1. The summed E-state index contributed by atoms with van der Waals surface area (Å²) in [6, 6.07) is 15.9. The second kappa shape index (κ2) is 8.02. The highest BCUT2D eigenvalue weighted by Gasteiger charge is 2.19. The maximum atomic E-state index is 13.3. The smallest absolute Gasteiger partial charge is 0.252 e. The quantitative estimate of drug-likeness (QED) is 0.678. The van der Waals surface area contributed by atoms with Crippen LogP contribution in [-0.4, -0.2) is 20.6 Å². The van der Waals surface area contributed by atoms with Crippen molar-refractivity contribution < 1.29 is 17.6 Å². The average Bonchev–Trinajstić information content (AvgIpc) is 3.13. The van der Waals surface area contributed by atoms with Crippen molar-refractivity contribution in [1.82, 2.24) is 5.32 Å². The van der Waals surface area contributed by atoms with Crippen LogP contribution in [0, 0.1) is 5.82 Å². The number of carbonyl (C=O) groups is 1. The van der Waals surface area contributed by atoms with Gasteiger partial charge >= 0.3 is 0 Å². The van der Waals surface area contributed by atoms with E-state index in [1.54, 1.807) is 36.4 Å². The molecule has 1 heterocycles. The molecule has 0 saturated heterocycles. The normalized spacial score (nSPS) is 12.5. The summed E-state index contributed by atoms with van der Waals surface area (Å²) in [6.07, 6.45) is 1.15. The Kier molecular flexibility index (Phi) is 5.72. The lowest BCUT2D eigenvalue weighted by molar-refractivity contribution is 0.0943. The number of nitrogens with one attached hydrogen (secondary N) is 1. The van der Waals surface area contributed by atoms with E-state index in [-0.39, 0.29) is 17.5 Å². The number of thiophene rings is 1. The largest absolute Gasteiger partial charge is 0.340 e. The minimum atomic E-state index is -3.19. The molecule has 3 aromatic rings. The first-order valence-electron chi connectivity index (χ1n) is 8.18. The fourth-order valence-electron chi connectivity index (χ4n) is 2.75. The average molecular weight is 404 g/mol. The van der Waals surface area contributed by atoms with Gasteiger partial charge in [0.25, 0.3) is 5.91 Å². The molecule has 1 N–H and O–H groups in total. The maximum Gasteiger partial charge on any atom is 0.252 e. The lowest BCUT2D eigenvalue weighted by atomic mass is 10.0. The number of hydrogen-bond acceptors (Lipinski definition) is 4. The number of sulfone groups is 1. The van der Waals surface area contributed by atoms with Gasteiger partial charge in [0.15, 0.2) is 9.84 Å². The second-order valence-electron chi connectivity index (χ2n) is 6.24. The molecule has 0 aliphatic heterocycles. The molecule has 27 heavy (non-hydrogen) atoms. The third kappa shape index (κ3) is 5.24. The number of carbonyl (C=O) groups excluding carboxylic acids is 1. The van der Waals surface area contributed by atoms with Crippen molar-refractivity contribution in [2.75, 3.05) is 6.26 Å². The van der Waals surface area contributed by atoms with Gasteiger partial charge in [-0.15, -0.1) is 11.3 Å². The molecule has 0 fully saturated rings. The molecule has 0 aliphatic rings. The van der Waals surface area contributed by atoms with Crippen LogP contribution < -0.4 is 5.32 Å². The Bertz CT molecular complexity index is 1030. The lowest BCUT2D eigenvalue weighted by Crippen LogP contribution is -2.29. The summed E-state index contributed by atoms with van der Waals surface area (Å²) in [5.41, 5.74) is 1.69. The van der Waals surface area contributed by atoms with Crippen molar-refractivity contribution in [3.8, 4) is 0 Å². The fourth-order valence-corrected chi connectivity index (χ4v) is 4.34. The standard InChI is InChI=1S/C20H18FNO3S2/c1-27(24,25)13-14-4-2-5-16(12-14)20(23)22-19(18-6-3-11-26-18)15-7-9-17(21)10-8-15/h2-12,19H,13H2,1H3,(H,22,23)/t19-/m0/s1. The molecular formula is C20H18FNO3S2. The molecule has 4 nitrogen and oxygen atoms in total. The maximum absolute atomic E-state index is 13.3. The summed E-state index contributed by atoms with van der Waals surface area (Å²) in [6.45, 7) is 0. The highest BCUT2D eigenvalue weighted by Crippen LogP contribution is 2.26. The summed E-state index contributed by atoms with van der Waals surface area (Å²) < 4.78 is 36.3. The molecule has 1 aromatic heterocycles. The van der Waals surface area contributed by atoms with Crippen LogP contribution in [0.2, 0.25) is 0 Å². The second-order valence-corrected chi connectivity index (χ2v) is 9.36. The summed E-state index contributed by atoms with van der Waals surface area (Å²) in [4.78, 5) is 13.7. The van der Waals surface area contributed by atoms with Crippen LogP contribution in [0.4, 0.5) is 4.39 Å². The van der Waals surface area contributed by atoms with Gasteiger partial charge < -0.3 is 5.32 Å². The Labute approximate surface area is 161 Å². The summed E-state index contributed by atoms with van der Waals surface area (Å²) in [7, 11) is -3.19. The van der Waals surface area contributed by atoms with Gasteiger partial charge in [-0.1, -0.05) is 30.3 Å². The molecule has 0 bridgehead atoms. The minimum Gasteiger partial charge on any atom is -0.340 e. The topological polar surface area (TPSA) is 63.2 Å². The lowest BCUT2D eigenvalue weighted by Gasteiger charge is -2.18. The Morgan fingerprint density at radius 2 is 1.85 bits per heavy atom. The predicted octanol–water partition coefficient (Wildman–Crippen LogP) is 3.95. The zero-order chi connectivity index (χ0) is 19.4. The van der Waals surface area contributed by atoms with Crippen LogP contribution >= 0.6 is 11.3 Å². The zero-order valence-corrected chi connectivity index (χ0v) is 16.2. The van der Waals surface area contributed by atoms with Gasteiger partial charge in [-0.05, 0) is 46.8 Å². The Balaban J connectivity index is 1.87. The number of hydrogen-bond donors (Lipinski definition) is 1. The first-order valence-corrected chi connectivity index (χ1v) is 11.1. The molecular weight excluding hydrogens is 385 g/mol. The number of halogens is 1. The Morgan fingerprint density at radius 3 is 2.48 bits per heavy atom. The highest BCUT2D eigenvalue weighted by atomic mass is 32.2. The predicted molar refractivity (Wildman–Crippen MR) is 105 cm³/mol. The molecule has 140 valence electrons. The number of rotatable bonds is 6. The van der Waals surface area contributed by atoms with Crippen LogP contribution in [0.5, 0.6) is 0 Å². The van der Waals surface area contributed by atoms with E-state index in [2.05, 4.69) is 5.32 Å². The van der Waals surface area contributed by atoms with Gasteiger partial charge in [-0.25, -0.2) is 12.8 Å². The molecule has 2 aromatic carbocycles. The van der Waals surface area contributed by atoms with E-state index in [4.69, 9.17) is 0 Å². The van der Waals surface area contributed by atoms with Gasteiger partial charge in [0.05, 0.1) is 11.8 Å². The van der Waals surface area contributed by atoms with Crippen molar-refractivity contribution in [2.24, 2.45) is 0 Å². The molecule has 1 atom stereocenters. The van der Waals surface area contributed by atoms with Gasteiger partial charge in [0.1, 0.15) is 5.82 Å². The third-order valence-electron chi connectivity index (χ3n) is 3.92. The van der Waals surface area contributed by atoms with Crippen molar-refractivity contribution in [1.29, 1.82) is 0 Å². The first-order chi connectivity index (χ1) is 12.8. The summed E-state index contributed by atoms with van der Waals surface area (Å²) >= 11 is 1.49. The molecule has 1 amide bonds. The van der Waals surface area contributed by atoms with E-state index in [1.807, 2.05) is 17.5 Å². The molecule has 0 saturated carbocycles. The van der Waals surface area contributed by atoms with E-state index >= 15 is 0 Å². The molecule has 0 spiro atoms. The van der Waals surface area contributed by atoms with E-state index in [1.165, 1.54) is 23.5 Å². The molecule has 0 unspecified atom stereocenters. The third-order valence-corrected chi connectivity index (χ3v) is 5.72. The van der Waals surface area contributed by atoms with E-state index in [0.29, 0.717) is 11.1 Å². The summed E-state index contributed by atoms with van der Waals surface area (Å²) in [5, 5.41) is 4.87. The van der Waals surface area contributed by atoms with Gasteiger partial charge in [0.2, 0.25) is 0 Å². The summed E-state index contributed by atoms with van der Waals surface area (Å²) in [5.74, 6) is -0.794. The number of amides is 1. The Hall–Kier alpha value is -2.51. The van der Waals surface area contributed by atoms with Crippen molar-refractivity contribution in [2.45, 2.75) is 11.8 Å². The van der Waals surface area contributed by atoms with Crippen LogP contribution in [0.15, 0.2) is 66.0 Å². The van der Waals surface area contributed by atoms with Crippen LogP contribution in [0.25, 0.3) is 0 Å². The van der Waals surface area contributed by atoms with Gasteiger partial charge in [0, 0.05) is 16.7 Å². The molecule has 3 rings (SSSR count). The zero-order valence-electron chi connectivity index (χ0n) is 14.6. The monoisotopic (exact) mass is 403 g/mol.